The smallest absolute Gasteiger partial charge is 0.350 e. The van der Waals surface area contributed by atoms with E-state index in [-0.39, 0.29) is 5.97 Å². The van der Waals surface area contributed by atoms with E-state index in [1.54, 1.807) is 6.92 Å². The van der Waals surface area contributed by atoms with Crippen LogP contribution in [-0.4, -0.2) is 12.6 Å². The molecule has 1 aromatic heterocycles. The van der Waals surface area contributed by atoms with Crippen LogP contribution >= 0.6 is 22.9 Å². The van der Waals surface area contributed by atoms with Crippen LogP contribution in [0.15, 0.2) is 18.2 Å². The second-order valence-corrected chi connectivity index (χ2v) is 6.12. The van der Waals surface area contributed by atoms with Crippen LogP contribution in [0.3, 0.4) is 0 Å². The maximum absolute atomic E-state index is 12.0. The quantitative estimate of drug-likeness (QED) is 0.830. The topological polar surface area (TPSA) is 52.3 Å². The number of anilines is 1. The molecule has 0 aliphatic rings. The van der Waals surface area contributed by atoms with E-state index in [1.165, 1.54) is 11.3 Å². The molecule has 1 aromatic carbocycles. The zero-order chi connectivity index (χ0) is 15.6. The van der Waals surface area contributed by atoms with Crippen LogP contribution < -0.4 is 5.73 Å². The average molecular weight is 324 g/mol. The molecule has 0 aliphatic heterocycles. The van der Waals surface area contributed by atoms with Gasteiger partial charge in [0.2, 0.25) is 0 Å². The number of carbonyl (C=O) groups is 1. The average Bonchev–Trinajstić information content (AvgIpc) is 2.79. The monoisotopic (exact) mass is 323 g/mol. The van der Waals surface area contributed by atoms with Gasteiger partial charge in [-0.05, 0) is 43.0 Å². The van der Waals surface area contributed by atoms with Crippen LogP contribution in [0.2, 0.25) is 5.02 Å². The third-order valence-corrected chi connectivity index (χ3v) is 4.98. The molecule has 0 saturated carbocycles. The molecule has 0 fully saturated rings. The summed E-state index contributed by atoms with van der Waals surface area (Å²) < 4.78 is 5.07. The fourth-order valence-electron chi connectivity index (χ4n) is 2.14. The third kappa shape index (κ3) is 3.06. The number of aryl methyl sites for hydroxylation is 1. The summed E-state index contributed by atoms with van der Waals surface area (Å²) in [5.74, 6) is -0.362. The highest BCUT2D eigenvalue weighted by atomic mass is 35.5. The second kappa shape index (κ2) is 6.50. The normalized spacial score (nSPS) is 10.7. The van der Waals surface area contributed by atoms with Crippen LogP contribution in [0, 0.1) is 6.92 Å². The van der Waals surface area contributed by atoms with E-state index >= 15 is 0 Å². The Morgan fingerprint density at radius 3 is 2.67 bits per heavy atom. The van der Waals surface area contributed by atoms with Gasteiger partial charge in [-0.25, -0.2) is 4.79 Å². The maximum Gasteiger partial charge on any atom is 0.350 e. The molecule has 0 spiro atoms. The van der Waals surface area contributed by atoms with Crippen molar-refractivity contribution in [1.82, 2.24) is 0 Å². The Hall–Kier alpha value is -1.52. The summed E-state index contributed by atoms with van der Waals surface area (Å²) in [6, 6.07) is 5.88. The van der Waals surface area contributed by atoms with Crippen molar-refractivity contribution in [3.05, 3.63) is 39.2 Å². The van der Waals surface area contributed by atoms with Crippen molar-refractivity contribution in [2.45, 2.75) is 27.2 Å². The summed E-state index contributed by atoms with van der Waals surface area (Å²) in [4.78, 5) is 13.4. The molecule has 0 saturated heterocycles. The molecule has 5 heteroatoms. The summed E-state index contributed by atoms with van der Waals surface area (Å²) in [6.45, 7) is 6.10. The van der Waals surface area contributed by atoms with E-state index in [1.807, 2.05) is 32.0 Å². The summed E-state index contributed by atoms with van der Waals surface area (Å²) in [5.41, 5.74) is 9.63. The molecule has 112 valence electrons. The van der Waals surface area contributed by atoms with Gasteiger partial charge < -0.3 is 10.5 Å². The van der Waals surface area contributed by atoms with E-state index in [0.717, 1.165) is 28.0 Å². The van der Waals surface area contributed by atoms with Gasteiger partial charge in [0.05, 0.1) is 12.3 Å². The SMILES string of the molecule is CCOC(=O)c1sc(-c2ccc(C)c(Cl)c2)c(CC)c1N. The van der Waals surface area contributed by atoms with Gasteiger partial charge in [0.1, 0.15) is 4.88 Å². The molecule has 0 aliphatic carbocycles. The molecule has 0 amide bonds. The third-order valence-electron chi connectivity index (χ3n) is 3.30. The number of hydrogen-bond acceptors (Lipinski definition) is 4. The number of rotatable bonds is 4. The van der Waals surface area contributed by atoms with Crippen molar-refractivity contribution in [3.8, 4) is 10.4 Å². The maximum atomic E-state index is 12.0. The summed E-state index contributed by atoms with van der Waals surface area (Å²) in [5, 5.41) is 0.708. The standard InChI is InChI=1S/C16H18ClNO2S/c1-4-11-13(18)15(16(19)20-5-2)21-14(11)10-7-6-9(3)12(17)8-10/h6-8H,4-5,18H2,1-3H3. The van der Waals surface area contributed by atoms with Crippen LogP contribution in [0.25, 0.3) is 10.4 Å². The number of halogens is 1. The van der Waals surface area contributed by atoms with Crippen LogP contribution in [0.1, 0.15) is 34.6 Å². The van der Waals surface area contributed by atoms with Crippen molar-refractivity contribution in [2.75, 3.05) is 12.3 Å². The van der Waals surface area contributed by atoms with E-state index in [4.69, 9.17) is 22.1 Å². The Labute approximate surface area is 133 Å². The molecule has 3 nitrogen and oxygen atoms in total. The molecule has 0 atom stereocenters. The Morgan fingerprint density at radius 1 is 1.38 bits per heavy atom. The fourth-order valence-corrected chi connectivity index (χ4v) is 3.53. The van der Waals surface area contributed by atoms with Gasteiger partial charge >= 0.3 is 5.97 Å². The van der Waals surface area contributed by atoms with E-state index in [9.17, 15) is 4.79 Å². The van der Waals surface area contributed by atoms with Crippen molar-refractivity contribution < 1.29 is 9.53 Å². The molecule has 2 rings (SSSR count). The Kier molecular flexibility index (Phi) is 4.91. The fraction of sp³-hybridized carbons (Fsp3) is 0.312. The number of nitrogens with two attached hydrogens (primary N) is 1. The minimum Gasteiger partial charge on any atom is -0.462 e. The summed E-state index contributed by atoms with van der Waals surface area (Å²) in [7, 11) is 0. The predicted molar refractivity (Wildman–Crippen MR) is 89.2 cm³/mol. The van der Waals surface area contributed by atoms with E-state index < -0.39 is 0 Å². The van der Waals surface area contributed by atoms with Gasteiger partial charge in [0.25, 0.3) is 0 Å². The van der Waals surface area contributed by atoms with E-state index in [2.05, 4.69) is 0 Å². The lowest BCUT2D eigenvalue weighted by Gasteiger charge is -2.05. The number of hydrogen-bond donors (Lipinski definition) is 1. The first kappa shape index (κ1) is 15.9. The molecule has 21 heavy (non-hydrogen) atoms. The van der Waals surface area contributed by atoms with Crippen molar-refractivity contribution in [1.29, 1.82) is 0 Å². The number of nitrogen functional groups attached to an aromatic ring is 1. The van der Waals surface area contributed by atoms with Gasteiger partial charge in [-0.2, -0.15) is 0 Å². The number of ether oxygens (including phenoxy) is 1. The van der Waals surface area contributed by atoms with Gasteiger partial charge in [0.15, 0.2) is 0 Å². The lowest BCUT2D eigenvalue weighted by Crippen LogP contribution is -2.05. The van der Waals surface area contributed by atoms with Crippen molar-refractivity contribution in [3.63, 3.8) is 0 Å². The molecule has 0 radical (unpaired) electrons. The number of carbonyl (C=O) groups excluding carboxylic acids is 1. The number of thiophene rings is 1. The first-order chi connectivity index (χ1) is 9.99. The highest BCUT2D eigenvalue weighted by molar-refractivity contribution is 7.18. The Bertz CT molecular complexity index is 679. The first-order valence-electron chi connectivity index (χ1n) is 6.84. The van der Waals surface area contributed by atoms with Gasteiger partial charge in [-0.3, -0.25) is 0 Å². The Morgan fingerprint density at radius 2 is 2.10 bits per heavy atom. The van der Waals surface area contributed by atoms with Crippen LogP contribution in [-0.2, 0) is 11.2 Å². The largest absolute Gasteiger partial charge is 0.462 e. The molecule has 2 N–H and O–H groups in total. The van der Waals surface area contributed by atoms with Gasteiger partial charge in [-0.15, -0.1) is 11.3 Å². The first-order valence-corrected chi connectivity index (χ1v) is 8.03. The summed E-state index contributed by atoms with van der Waals surface area (Å²) >= 11 is 7.57. The van der Waals surface area contributed by atoms with Crippen LogP contribution in [0.4, 0.5) is 5.69 Å². The molecular formula is C16H18ClNO2S. The van der Waals surface area contributed by atoms with Crippen molar-refractivity contribution >= 4 is 34.6 Å². The predicted octanol–water partition coefficient (Wildman–Crippen LogP) is 4.70. The molecule has 2 aromatic rings. The highest BCUT2D eigenvalue weighted by Crippen LogP contribution is 2.40. The second-order valence-electron chi connectivity index (χ2n) is 4.69. The lowest BCUT2D eigenvalue weighted by molar-refractivity contribution is 0.0533. The molecular weight excluding hydrogens is 306 g/mol. The van der Waals surface area contributed by atoms with Crippen LogP contribution in [0.5, 0.6) is 0 Å². The highest BCUT2D eigenvalue weighted by Gasteiger charge is 2.21. The number of benzene rings is 1. The minimum atomic E-state index is -0.362. The summed E-state index contributed by atoms with van der Waals surface area (Å²) in [6.07, 6.45) is 0.753. The lowest BCUT2D eigenvalue weighted by atomic mass is 10.0. The van der Waals surface area contributed by atoms with Gasteiger partial charge in [0, 0.05) is 9.90 Å². The molecule has 1 heterocycles. The molecule has 0 unspecified atom stereocenters. The Balaban J connectivity index is 2.55. The zero-order valence-electron chi connectivity index (χ0n) is 12.3. The number of esters is 1. The van der Waals surface area contributed by atoms with E-state index in [0.29, 0.717) is 22.2 Å². The zero-order valence-corrected chi connectivity index (χ0v) is 13.9. The minimum absolute atomic E-state index is 0.337. The molecule has 0 bridgehead atoms. The van der Waals surface area contributed by atoms with Gasteiger partial charge in [-0.1, -0.05) is 30.7 Å². The van der Waals surface area contributed by atoms with Crippen molar-refractivity contribution in [2.24, 2.45) is 0 Å².